The van der Waals surface area contributed by atoms with Crippen LogP contribution in [0.15, 0.2) is 23.8 Å². The van der Waals surface area contributed by atoms with Crippen LogP contribution in [0.1, 0.15) is 6.42 Å². The molecule has 1 atom stereocenters. The molecule has 0 aromatic carbocycles. The fourth-order valence-corrected chi connectivity index (χ4v) is 1.95. The van der Waals surface area contributed by atoms with Gasteiger partial charge in [0.1, 0.15) is 6.73 Å². The molecule has 5 heteroatoms. The van der Waals surface area contributed by atoms with E-state index >= 15 is 0 Å². The number of aliphatic carboxylic acids is 1. The van der Waals surface area contributed by atoms with Crippen LogP contribution in [-0.4, -0.2) is 47.7 Å². The summed E-state index contributed by atoms with van der Waals surface area (Å²) >= 11 is 0. The highest BCUT2D eigenvalue weighted by Gasteiger charge is 2.32. The van der Waals surface area contributed by atoms with Crippen LogP contribution in [0.3, 0.4) is 0 Å². The second-order valence-electron chi connectivity index (χ2n) is 3.83. The molecule has 0 bridgehead atoms. The SMILES string of the molecule is O=C(O)CN1COC[C@H]1C1=CC=CCC1=O. The van der Waals surface area contributed by atoms with Crippen LogP contribution in [0.2, 0.25) is 0 Å². The molecule has 0 radical (unpaired) electrons. The van der Waals surface area contributed by atoms with Gasteiger partial charge in [0.15, 0.2) is 5.78 Å². The average Bonchev–Trinajstić information content (AvgIpc) is 2.66. The molecule has 0 saturated carbocycles. The van der Waals surface area contributed by atoms with Crippen LogP contribution in [0.5, 0.6) is 0 Å². The van der Waals surface area contributed by atoms with Crippen molar-refractivity contribution >= 4 is 11.8 Å². The minimum atomic E-state index is -0.907. The maximum absolute atomic E-state index is 11.7. The van der Waals surface area contributed by atoms with Gasteiger partial charge < -0.3 is 9.84 Å². The normalized spacial score (nSPS) is 25.9. The fourth-order valence-electron chi connectivity index (χ4n) is 1.95. The fraction of sp³-hybridized carbons (Fsp3) is 0.455. The summed E-state index contributed by atoms with van der Waals surface area (Å²) in [6.07, 6.45) is 5.76. The highest BCUT2D eigenvalue weighted by Crippen LogP contribution is 2.21. The second-order valence-corrected chi connectivity index (χ2v) is 3.83. The zero-order chi connectivity index (χ0) is 11.5. The van der Waals surface area contributed by atoms with Crippen molar-refractivity contribution in [2.45, 2.75) is 12.5 Å². The first kappa shape index (κ1) is 11.0. The standard InChI is InChI=1S/C11H13NO4/c13-10-4-2-1-3-8(10)9-6-16-7-12(9)5-11(14)15/h1-3,9H,4-7H2,(H,14,15)/t9-/m0/s1. The summed E-state index contributed by atoms with van der Waals surface area (Å²) in [5.41, 5.74) is 0.654. The van der Waals surface area contributed by atoms with E-state index in [-0.39, 0.29) is 25.1 Å². The van der Waals surface area contributed by atoms with Gasteiger partial charge in [-0.05, 0) is 0 Å². The molecule has 1 heterocycles. The van der Waals surface area contributed by atoms with Crippen molar-refractivity contribution < 1.29 is 19.4 Å². The quantitative estimate of drug-likeness (QED) is 0.739. The maximum atomic E-state index is 11.7. The van der Waals surface area contributed by atoms with E-state index in [0.717, 1.165) is 0 Å². The molecule has 1 saturated heterocycles. The van der Waals surface area contributed by atoms with Crippen LogP contribution in [-0.2, 0) is 14.3 Å². The number of hydrogen-bond acceptors (Lipinski definition) is 4. The summed E-state index contributed by atoms with van der Waals surface area (Å²) in [4.78, 5) is 24.0. The van der Waals surface area contributed by atoms with Crippen LogP contribution in [0, 0.1) is 0 Å². The molecular formula is C11H13NO4. The lowest BCUT2D eigenvalue weighted by atomic mass is 9.96. The van der Waals surface area contributed by atoms with E-state index in [1.54, 1.807) is 17.1 Å². The Bertz CT molecular complexity index is 372. The first-order valence-electron chi connectivity index (χ1n) is 5.12. The molecule has 1 aliphatic carbocycles. The minimum absolute atomic E-state index is 0.0494. The van der Waals surface area contributed by atoms with Gasteiger partial charge in [-0.3, -0.25) is 14.5 Å². The summed E-state index contributed by atoms with van der Waals surface area (Å²) < 4.78 is 5.22. The third-order valence-corrected chi connectivity index (χ3v) is 2.71. The monoisotopic (exact) mass is 223 g/mol. The maximum Gasteiger partial charge on any atom is 0.317 e. The van der Waals surface area contributed by atoms with Crippen molar-refractivity contribution in [3.63, 3.8) is 0 Å². The Balaban J connectivity index is 2.13. The molecule has 0 aromatic heterocycles. The van der Waals surface area contributed by atoms with E-state index in [1.807, 2.05) is 6.08 Å². The molecule has 2 rings (SSSR count). The van der Waals surface area contributed by atoms with Crippen LogP contribution < -0.4 is 0 Å². The van der Waals surface area contributed by atoms with Crippen molar-refractivity contribution in [3.05, 3.63) is 23.8 Å². The van der Waals surface area contributed by atoms with Gasteiger partial charge in [0.2, 0.25) is 0 Å². The van der Waals surface area contributed by atoms with Gasteiger partial charge in [0.25, 0.3) is 0 Å². The second kappa shape index (κ2) is 4.59. The first-order chi connectivity index (χ1) is 7.68. The van der Waals surface area contributed by atoms with Gasteiger partial charge >= 0.3 is 5.97 Å². The Labute approximate surface area is 93.0 Å². The molecule has 1 aliphatic heterocycles. The molecule has 0 spiro atoms. The molecule has 0 amide bonds. The van der Waals surface area contributed by atoms with Crippen molar-refractivity contribution in [2.75, 3.05) is 19.9 Å². The van der Waals surface area contributed by atoms with E-state index < -0.39 is 5.97 Å². The lowest BCUT2D eigenvalue weighted by Crippen LogP contribution is -2.38. The number of hydrogen-bond donors (Lipinski definition) is 1. The molecule has 16 heavy (non-hydrogen) atoms. The number of allylic oxidation sites excluding steroid dienone is 3. The molecular weight excluding hydrogens is 210 g/mol. The number of nitrogens with zero attached hydrogens (tertiary/aromatic N) is 1. The summed E-state index contributed by atoms with van der Waals surface area (Å²) in [6.45, 7) is 0.559. The van der Waals surface area contributed by atoms with Gasteiger partial charge in [-0.2, -0.15) is 0 Å². The molecule has 1 fully saturated rings. The summed E-state index contributed by atoms with van der Waals surface area (Å²) in [7, 11) is 0. The zero-order valence-corrected chi connectivity index (χ0v) is 8.76. The van der Waals surface area contributed by atoms with E-state index in [0.29, 0.717) is 18.6 Å². The molecule has 0 aromatic rings. The Morgan fingerprint density at radius 2 is 2.44 bits per heavy atom. The lowest BCUT2D eigenvalue weighted by Gasteiger charge is -2.22. The predicted molar refractivity (Wildman–Crippen MR) is 55.8 cm³/mol. The Hall–Kier alpha value is -1.46. The highest BCUT2D eigenvalue weighted by molar-refractivity contribution is 5.98. The number of carbonyl (C=O) groups is 2. The van der Waals surface area contributed by atoms with Crippen LogP contribution in [0.4, 0.5) is 0 Å². The smallest absolute Gasteiger partial charge is 0.317 e. The number of carboxylic acids is 1. The Morgan fingerprint density at radius 1 is 1.62 bits per heavy atom. The van der Waals surface area contributed by atoms with E-state index in [2.05, 4.69) is 0 Å². The zero-order valence-electron chi connectivity index (χ0n) is 8.76. The van der Waals surface area contributed by atoms with E-state index in [9.17, 15) is 9.59 Å². The summed E-state index contributed by atoms with van der Waals surface area (Å²) in [5.74, 6) is -0.858. The van der Waals surface area contributed by atoms with Crippen molar-refractivity contribution in [3.8, 4) is 0 Å². The largest absolute Gasteiger partial charge is 0.480 e. The van der Waals surface area contributed by atoms with Gasteiger partial charge in [0, 0.05) is 12.0 Å². The van der Waals surface area contributed by atoms with Crippen molar-refractivity contribution in [1.82, 2.24) is 4.90 Å². The number of ketones is 1. The van der Waals surface area contributed by atoms with E-state index in [4.69, 9.17) is 9.84 Å². The Morgan fingerprint density at radius 3 is 3.12 bits per heavy atom. The van der Waals surface area contributed by atoms with Crippen molar-refractivity contribution in [1.29, 1.82) is 0 Å². The lowest BCUT2D eigenvalue weighted by molar-refractivity contribution is -0.138. The summed E-state index contributed by atoms with van der Waals surface area (Å²) in [6, 6.07) is -0.214. The first-order valence-corrected chi connectivity index (χ1v) is 5.12. The topological polar surface area (TPSA) is 66.8 Å². The number of Topliss-reactive ketones (excluding diaryl/α,β-unsaturated/α-hetero) is 1. The van der Waals surface area contributed by atoms with Crippen LogP contribution >= 0.6 is 0 Å². The third kappa shape index (κ3) is 2.20. The van der Waals surface area contributed by atoms with E-state index in [1.165, 1.54) is 0 Å². The van der Waals surface area contributed by atoms with Crippen molar-refractivity contribution in [2.24, 2.45) is 0 Å². The predicted octanol–water partition coefficient (Wildman–Crippen LogP) is 0.185. The van der Waals surface area contributed by atoms with Gasteiger partial charge in [-0.1, -0.05) is 18.2 Å². The summed E-state index contributed by atoms with van der Waals surface area (Å²) in [5, 5.41) is 8.74. The Kier molecular flexibility index (Phi) is 3.17. The number of carbonyl (C=O) groups excluding carboxylic acids is 1. The number of ether oxygens (including phenoxy) is 1. The van der Waals surface area contributed by atoms with Crippen LogP contribution in [0.25, 0.3) is 0 Å². The minimum Gasteiger partial charge on any atom is -0.480 e. The molecule has 5 nitrogen and oxygen atoms in total. The highest BCUT2D eigenvalue weighted by atomic mass is 16.5. The van der Waals surface area contributed by atoms with Gasteiger partial charge in [-0.15, -0.1) is 0 Å². The molecule has 1 N–H and O–H groups in total. The molecule has 86 valence electrons. The number of rotatable bonds is 3. The van der Waals surface area contributed by atoms with Gasteiger partial charge in [0.05, 0.1) is 19.2 Å². The third-order valence-electron chi connectivity index (χ3n) is 2.71. The average molecular weight is 223 g/mol. The van der Waals surface area contributed by atoms with Gasteiger partial charge in [-0.25, -0.2) is 0 Å². The molecule has 2 aliphatic rings. The molecule has 0 unspecified atom stereocenters. The number of carboxylic acid groups (broad SMARTS) is 1.